The van der Waals surface area contributed by atoms with Crippen LogP contribution in [0.5, 0.6) is 0 Å². The highest BCUT2D eigenvalue weighted by molar-refractivity contribution is 7.58. The fourth-order valence-corrected chi connectivity index (χ4v) is 3.58. The molecule has 1 N–H and O–H groups in total. The van der Waals surface area contributed by atoms with Gasteiger partial charge in [-0.05, 0) is 12.1 Å². The van der Waals surface area contributed by atoms with Crippen molar-refractivity contribution < 1.29 is 0 Å². The lowest BCUT2D eigenvalue weighted by Crippen LogP contribution is -2.16. The van der Waals surface area contributed by atoms with E-state index < -0.39 is 8.22 Å². The molecule has 1 heterocycles. The Balaban J connectivity index is 1.93. The van der Waals surface area contributed by atoms with Crippen LogP contribution in [0.2, 0.25) is 0 Å². The summed E-state index contributed by atoms with van der Waals surface area (Å²) < 4.78 is 2.12. The maximum Gasteiger partial charge on any atom is 0.158 e. The molecule has 0 saturated heterocycles. The first-order valence-electron chi connectivity index (χ1n) is 6.42. The summed E-state index contributed by atoms with van der Waals surface area (Å²) in [6.07, 6.45) is 1.06. The van der Waals surface area contributed by atoms with Gasteiger partial charge in [0.25, 0.3) is 0 Å². The van der Waals surface area contributed by atoms with E-state index in [0.717, 1.165) is 23.2 Å². The Labute approximate surface area is 114 Å². The zero-order valence-electron chi connectivity index (χ0n) is 10.8. The van der Waals surface area contributed by atoms with E-state index in [-0.39, 0.29) is 0 Å². The molecule has 0 aliphatic carbocycles. The van der Waals surface area contributed by atoms with Crippen molar-refractivity contribution >= 4 is 19.7 Å². The van der Waals surface area contributed by atoms with Crippen molar-refractivity contribution in [2.75, 3.05) is 10.9 Å². The number of nitrogens with one attached hydrogen (secondary N) is 1. The van der Waals surface area contributed by atoms with Gasteiger partial charge in [-0.15, -0.1) is 5.10 Å². The minimum Gasteiger partial charge on any atom is -0.329 e. The Morgan fingerprint density at radius 2 is 1.63 bits per heavy atom. The highest BCUT2D eigenvalue weighted by Gasteiger charge is 2.26. The maximum atomic E-state index is 4.75. The number of para-hydroxylation sites is 1. The zero-order chi connectivity index (χ0) is 13.1. The van der Waals surface area contributed by atoms with Gasteiger partial charge in [-0.25, -0.2) is 4.78 Å². The number of nitrogens with zero attached hydrogens (tertiary/aromatic N) is 2. The Kier molecular flexibility index (Phi) is 3.47. The molecule has 0 fully saturated rings. The van der Waals surface area contributed by atoms with Gasteiger partial charge < -0.3 is 5.09 Å². The van der Waals surface area contributed by atoms with E-state index in [4.69, 9.17) is 5.10 Å². The van der Waals surface area contributed by atoms with Gasteiger partial charge in [-0.2, -0.15) is 0 Å². The average molecular weight is 269 g/mol. The lowest BCUT2D eigenvalue weighted by Gasteiger charge is -2.21. The number of rotatable bonds is 3. The minimum absolute atomic E-state index is 0.466. The molecule has 1 unspecified atom stereocenters. The first-order chi connectivity index (χ1) is 9.38. The molecule has 0 spiro atoms. The molecule has 0 aromatic heterocycles. The average Bonchev–Trinajstić information content (AvgIpc) is 2.93. The lowest BCUT2D eigenvalue weighted by molar-refractivity contribution is 1.19. The molecule has 3 rings (SSSR count). The molecule has 0 radical (unpaired) electrons. The summed E-state index contributed by atoms with van der Waals surface area (Å²) in [5.74, 6) is 0.970. The predicted molar refractivity (Wildman–Crippen MR) is 82.5 cm³/mol. The van der Waals surface area contributed by atoms with Crippen LogP contribution >= 0.6 is 8.22 Å². The molecule has 1 aliphatic heterocycles. The summed E-state index contributed by atoms with van der Waals surface area (Å²) in [5, 5.41) is 8.29. The van der Waals surface area contributed by atoms with Crippen molar-refractivity contribution in [3.05, 3.63) is 66.2 Å². The topological polar surface area (TPSA) is 27.6 Å². The highest BCUT2D eigenvalue weighted by Crippen LogP contribution is 2.44. The van der Waals surface area contributed by atoms with Gasteiger partial charge in [-0.1, -0.05) is 55.5 Å². The van der Waals surface area contributed by atoms with Crippen LogP contribution in [0.25, 0.3) is 0 Å². The van der Waals surface area contributed by atoms with Crippen molar-refractivity contribution in [3.8, 4) is 0 Å². The molecular weight excluding hydrogens is 253 g/mol. The Morgan fingerprint density at radius 3 is 2.26 bits per heavy atom. The van der Waals surface area contributed by atoms with Gasteiger partial charge >= 0.3 is 0 Å². The monoisotopic (exact) mass is 269 g/mol. The Morgan fingerprint density at radius 1 is 1.00 bits per heavy atom. The molecule has 0 bridgehead atoms. The maximum absolute atomic E-state index is 4.75. The standard InChI is InChI=1S/C15H16N3P/c1-2-19-17-15(13-9-5-3-6-10-13)16-18(19)14-11-7-4-8-12-14/h3-12H,2H2,1H3,(H,16,17). The number of hydrogen-bond donors (Lipinski definition) is 1. The van der Waals surface area contributed by atoms with E-state index in [0.29, 0.717) is 0 Å². The highest BCUT2D eigenvalue weighted by atomic mass is 31.1. The molecule has 19 heavy (non-hydrogen) atoms. The number of hydrazone groups is 1. The van der Waals surface area contributed by atoms with Gasteiger partial charge in [-0.3, -0.25) is 0 Å². The number of anilines is 1. The van der Waals surface area contributed by atoms with Crippen molar-refractivity contribution in [2.24, 2.45) is 5.10 Å². The van der Waals surface area contributed by atoms with Gasteiger partial charge in [0.15, 0.2) is 5.84 Å². The smallest absolute Gasteiger partial charge is 0.158 e. The molecule has 96 valence electrons. The summed E-state index contributed by atoms with van der Waals surface area (Å²) in [6.45, 7) is 2.19. The molecule has 1 aliphatic rings. The van der Waals surface area contributed by atoms with Crippen LogP contribution in [0.1, 0.15) is 12.5 Å². The predicted octanol–water partition coefficient (Wildman–Crippen LogP) is 3.79. The van der Waals surface area contributed by atoms with E-state index in [9.17, 15) is 0 Å². The second-order valence-corrected chi connectivity index (χ2v) is 6.30. The first kappa shape index (κ1) is 12.2. The largest absolute Gasteiger partial charge is 0.329 e. The van der Waals surface area contributed by atoms with Crippen LogP contribution in [0.4, 0.5) is 5.69 Å². The van der Waals surface area contributed by atoms with Gasteiger partial charge in [0, 0.05) is 11.7 Å². The van der Waals surface area contributed by atoms with Crippen molar-refractivity contribution in [1.82, 2.24) is 5.09 Å². The van der Waals surface area contributed by atoms with Crippen LogP contribution in [0.15, 0.2) is 65.8 Å². The van der Waals surface area contributed by atoms with E-state index >= 15 is 0 Å². The SMILES string of the molecule is CCP1NC(c2ccccc2)=NN1c1ccccc1. The normalized spacial score (nSPS) is 18.1. The third kappa shape index (κ3) is 2.47. The number of amidine groups is 1. The molecule has 1 atom stereocenters. The Bertz CT molecular complexity index is 568. The van der Waals surface area contributed by atoms with Crippen LogP contribution in [-0.2, 0) is 0 Å². The quantitative estimate of drug-likeness (QED) is 0.858. The summed E-state index contributed by atoms with van der Waals surface area (Å²) in [5.41, 5.74) is 2.29. The molecule has 0 amide bonds. The fourth-order valence-electron chi connectivity index (χ4n) is 2.03. The number of hydrogen-bond acceptors (Lipinski definition) is 3. The van der Waals surface area contributed by atoms with E-state index in [2.05, 4.69) is 53.2 Å². The van der Waals surface area contributed by atoms with Crippen LogP contribution in [0.3, 0.4) is 0 Å². The van der Waals surface area contributed by atoms with Gasteiger partial charge in [0.1, 0.15) is 8.22 Å². The van der Waals surface area contributed by atoms with Crippen molar-refractivity contribution in [2.45, 2.75) is 6.92 Å². The summed E-state index contributed by atoms with van der Waals surface area (Å²) >= 11 is 0. The Hall–Kier alpha value is -1.86. The van der Waals surface area contributed by atoms with Crippen molar-refractivity contribution in [1.29, 1.82) is 0 Å². The molecule has 3 nitrogen and oxygen atoms in total. The summed E-state index contributed by atoms with van der Waals surface area (Å²) in [6, 6.07) is 20.6. The molecule has 2 aromatic rings. The molecule has 0 saturated carbocycles. The minimum atomic E-state index is -0.466. The summed E-state index contributed by atoms with van der Waals surface area (Å²) in [4.78, 5) is 0. The van der Waals surface area contributed by atoms with Gasteiger partial charge in [0.05, 0.1) is 5.69 Å². The van der Waals surface area contributed by atoms with Crippen molar-refractivity contribution in [3.63, 3.8) is 0 Å². The lowest BCUT2D eigenvalue weighted by atomic mass is 10.2. The van der Waals surface area contributed by atoms with Crippen LogP contribution in [-0.4, -0.2) is 12.0 Å². The number of benzene rings is 2. The van der Waals surface area contributed by atoms with Crippen LogP contribution in [0, 0.1) is 0 Å². The molecule has 4 heteroatoms. The first-order valence-corrected chi connectivity index (χ1v) is 7.90. The van der Waals surface area contributed by atoms with E-state index in [1.165, 1.54) is 0 Å². The van der Waals surface area contributed by atoms with Crippen LogP contribution < -0.4 is 9.87 Å². The summed E-state index contributed by atoms with van der Waals surface area (Å²) in [7, 11) is -0.466. The van der Waals surface area contributed by atoms with E-state index in [1.54, 1.807) is 0 Å². The third-order valence-electron chi connectivity index (χ3n) is 2.99. The molecule has 2 aromatic carbocycles. The molecular formula is C15H16N3P. The third-order valence-corrected chi connectivity index (χ3v) is 4.84. The zero-order valence-corrected chi connectivity index (χ0v) is 11.7. The van der Waals surface area contributed by atoms with E-state index in [1.807, 2.05) is 24.3 Å². The second kappa shape index (κ2) is 5.41. The second-order valence-electron chi connectivity index (χ2n) is 4.27. The fraction of sp³-hybridized carbons (Fsp3) is 0.133. The van der Waals surface area contributed by atoms with Gasteiger partial charge in [0.2, 0.25) is 0 Å².